The highest BCUT2D eigenvalue weighted by Crippen LogP contribution is 2.07. The molecular formula is C11H14O2. The highest BCUT2D eigenvalue weighted by atomic mass is 16.3. The Morgan fingerprint density at radius 2 is 1.92 bits per heavy atom. The fraction of sp³-hybridized carbons (Fsp3) is 0.364. The van der Waals surface area contributed by atoms with Crippen LogP contribution < -0.4 is 0 Å². The Balaban J connectivity index is 2.83. The van der Waals surface area contributed by atoms with Crippen molar-refractivity contribution in [1.82, 2.24) is 0 Å². The standard InChI is InChI=1S/C11H14O2/c1-3-10(12)11(13)9-6-4-8(2)5-7-9/h4-7,10,12H,3H2,1-2H3. The average molecular weight is 178 g/mol. The van der Waals surface area contributed by atoms with Crippen LogP contribution in [0.3, 0.4) is 0 Å². The van der Waals surface area contributed by atoms with Crippen LogP contribution in [0.5, 0.6) is 0 Å². The molecular weight excluding hydrogens is 164 g/mol. The van der Waals surface area contributed by atoms with Crippen LogP contribution in [0.25, 0.3) is 0 Å². The lowest BCUT2D eigenvalue weighted by atomic mass is 10.0. The zero-order chi connectivity index (χ0) is 9.84. The van der Waals surface area contributed by atoms with Gasteiger partial charge in [0.15, 0.2) is 5.78 Å². The third-order valence-corrected chi connectivity index (χ3v) is 2.03. The van der Waals surface area contributed by atoms with Gasteiger partial charge in [0.2, 0.25) is 0 Å². The number of hydrogen-bond donors (Lipinski definition) is 1. The SMILES string of the molecule is CCC(O)C(=O)c1ccc(C)cc1. The fourth-order valence-corrected chi connectivity index (χ4v) is 1.10. The number of rotatable bonds is 3. The lowest BCUT2D eigenvalue weighted by Crippen LogP contribution is -2.18. The van der Waals surface area contributed by atoms with Gasteiger partial charge in [0.05, 0.1) is 0 Å². The molecule has 0 aliphatic rings. The number of benzene rings is 1. The summed E-state index contributed by atoms with van der Waals surface area (Å²) in [5.74, 6) is -0.192. The third-order valence-electron chi connectivity index (χ3n) is 2.03. The molecule has 0 aromatic heterocycles. The van der Waals surface area contributed by atoms with E-state index in [0.717, 1.165) is 5.56 Å². The number of ketones is 1. The quantitative estimate of drug-likeness (QED) is 0.718. The molecule has 0 aliphatic carbocycles. The molecule has 1 atom stereocenters. The molecule has 70 valence electrons. The molecule has 0 saturated heterocycles. The van der Waals surface area contributed by atoms with Crippen molar-refractivity contribution in [1.29, 1.82) is 0 Å². The van der Waals surface area contributed by atoms with Crippen LogP contribution in [0.2, 0.25) is 0 Å². The minimum atomic E-state index is -0.859. The highest BCUT2D eigenvalue weighted by Gasteiger charge is 2.13. The van der Waals surface area contributed by atoms with E-state index in [0.29, 0.717) is 12.0 Å². The molecule has 2 heteroatoms. The summed E-state index contributed by atoms with van der Waals surface area (Å²) in [5.41, 5.74) is 1.70. The number of Topliss-reactive ketones (excluding diaryl/α,β-unsaturated/α-hetero) is 1. The zero-order valence-electron chi connectivity index (χ0n) is 7.95. The number of aryl methyl sites for hydroxylation is 1. The summed E-state index contributed by atoms with van der Waals surface area (Å²) in [5, 5.41) is 9.30. The third kappa shape index (κ3) is 2.39. The van der Waals surface area contributed by atoms with Crippen molar-refractivity contribution in [3.8, 4) is 0 Å². The zero-order valence-corrected chi connectivity index (χ0v) is 7.95. The van der Waals surface area contributed by atoms with Crippen LogP contribution in [0.1, 0.15) is 29.3 Å². The highest BCUT2D eigenvalue weighted by molar-refractivity contribution is 5.99. The molecule has 0 fully saturated rings. The van der Waals surface area contributed by atoms with Crippen molar-refractivity contribution >= 4 is 5.78 Å². The summed E-state index contributed by atoms with van der Waals surface area (Å²) >= 11 is 0. The van der Waals surface area contributed by atoms with Crippen LogP contribution in [0.15, 0.2) is 24.3 Å². The maximum Gasteiger partial charge on any atom is 0.191 e. The van der Waals surface area contributed by atoms with Gasteiger partial charge in [0.1, 0.15) is 6.10 Å². The molecule has 0 heterocycles. The number of carbonyl (C=O) groups excluding carboxylic acids is 1. The minimum absolute atomic E-state index is 0.192. The molecule has 1 rings (SSSR count). The van der Waals surface area contributed by atoms with Gasteiger partial charge in [-0.25, -0.2) is 0 Å². The van der Waals surface area contributed by atoms with Crippen LogP contribution in [-0.2, 0) is 0 Å². The summed E-state index contributed by atoms with van der Waals surface area (Å²) in [6, 6.07) is 7.23. The van der Waals surface area contributed by atoms with Gasteiger partial charge in [0, 0.05) is 5.56 Å². The average Bonchev–Trinajstić information content (AvgIpc) is 2.17. The van der Waals surface area contributed by atoms with Crippen molar-refractivity contribution in [2.75, 3.05) is 0 Å². The molecule has 1 N–H and O–H groups in total. The van der Waals surface area contributed by atoms with Crippen LogP contribution in [-0.4, -0.2) is 17.0 Å². The molecule has 1 aromatic carbocycles. The van der Waals surface area contributed by atoms with Gasteiger partial charge in [-0.15, -0.1) is 0 Å². The normalized spacial score (nSPS) is 12.5. The minimum Gasteiger partial charge on any atom is -0.385 e. The predicted octanol–water partition coefficient (Wildman–Crippen LogP) is 1.95. The van der Waals surface area contributed by atoms with E-state index in [2.05, 4.69) is 0 Å². The van der Waals surface area contributed by atoms with Crippen LogP contribution in [0.4, 0.5) is 0 Å². The van der Waals surface area contributed by atoms with Crippen molar-refractivity contribution in [2.45, 2.75) is 26.4 Å². The van der Waals surface area contributed by atoms with Crippen molar-refractivity contribution in [3.05, 3.63) is 35.4 Å². The van der Waals surface area contributed by atoms with Crippen molar-refractivity contribution in [2.24, 2.45) is 0 Å². The second kappa shape index (κ2) is 4.19. The molecule has 2 nitrogen and oxygen atoms in total. The summed E-state index contributed by atoms with van der Waals surface area (Å²) in [6.45, 7) is 3.75. The smallest absolute Gasteiger partial charge is 0.191 e. The largest absolute Gasteiger partial charge is 0.385 e. The molecule has 0 bridgehead atoms. The first-order valence-electron chi connectivity index (χ1n) is 4.44. The van der Waals surface area contributed by atoms with Gasteiger partial charge in [-0.2, -0.15) is 0 Å². The Kier molecular flexibility index (Phi) is 3.20. The maximum atomic E-state index is 11.4. The summed E-state index contributed by atoms with van der Waals surface area (Å²) in [6.07, 6.45) is -0.394. The summed E-state index contributed by atoms with van der Waals surface area (Å²) in [7, 11) is 0. The first-order valence-corrected chi connectivity index (χ1v) is 4.44. The van der Waals surface area contributed by atoms with E-state index in [9.17, 15) is 9.90 Å². The van der Waals surface area contributed by atoms with Gasteiger partial charge in [-0.05, 0) is 13.3 Å². The van der Waals surface area contributed by atoms with Gasteiger partial charge in [-0.3, -0.25) is 4.79 Å². The van der Waals surface area contributed by atoms with E-state index in [-0.39, 0.29) is 5.78 Å². The van der Waals surface area contributed by atoms with Crippen LogP contribution in [0, 0.1) is 6.92 Å². The van der Waals surface area contributed by atoms with Crippen LogP contribution >= 0.6 is 0 Å². The molecule has 0 aliphatic heterocycles. The number of hydrogen-bond acceptors (Lipinski definition) is 2. The molecule has 0 amide bonds. The van der Waals surface area contributed by atoms with Gasteiger partial charge >= 0.3 is 0 Å². The number of aliphatic hydroxyl groups is 1. The molecule has 1 aromatic rings. The molecule has 0 spiro atoms. The Labute approximate surface area is 78.2 Å². The maximum absolute atomic E-state index is 11.4. The Hall–Kier alpha value is -1.15. The summed E-state index contributed by atoms with van der Waals surface area (Å²) in [4.78, 5) is 11.4. The van der Waals surface area contributed by atoms with E-state index in [1.165, 1.54) is 0 Å². The lowest BCUT2D eigenvalue weighted by Gasteiger charge is -2.06. The molecule has 0 radical (unpaired) electrons. The van der Waals surface area contributed by atoms with E-state index in [4.69, 9.17) is 0 Å². The van der Waals surface area contributed by atoms with Gasteiger partial charge in [0.25, 0.3) is 0 Å². The predicted molar refractivity (Wildman–Crippen MR) is 51.8 cm³/mol. The molecule has 0 saturated carbocycles. The van der Waals surface area contributed by atoms with Gasteiger partial charge < -0.3 is 5.11 Å². The van der Waals surface area contributed by atoms with E-state index in [1.54, 1.807) is 19.1 Å². The molecule has 1 unspecified atom stereocenters. The Bertz CT molecular complexity index is 287. The fourth-order valence-electron chi connectivity index (χ4n) is 1.10. The Morgan fingerprint density at radius 3 is 2.38 bits per heavy atom. The molecule has 13 heavy (non-hydrogen) atoms. The van der Waals surface area contributed by atoms with E-state index in [1.807, 2.05) is 19.1 Å². The topological polar surface area (TPSA) is 37.3 Å². The number of carbonyl (C=O) groups is 1. The van der Waals surface area contributed by atoms with Crippen molar-refractivity contribution < 1.29 is 9.90 Å². The second-order valence-corrected chi connectivity index (χ2v) is 3.15. The first kappa shape index (κ1) is 9.93. The first-order chi connectivity index (χ1) is 6.15. The van der Waals surface area contributed by atoms with Crippen molar-refractivity contribution in [3.63, 3.8) is 0 Å². The monoisotopic (exact) mass is 178 g/mol. The number of aliphatic hydroxyl groups excluding tert-OH is 1. The Morgan fingerprint density at radius 1 is 1.38 bits per heavy atom. The van der Waals surface area contributed by atoms with Gasteiger partial charge in [-0.1, -0.05) is 36.8 Å². The summed E-state index contributed by atoms with van der Waals surface area (Å²) < 4.78 is 0. The van der Waals surface area contributed by atoms with E-state index < -0.39 is 6.10 Å². The second-order valence-electron chi connectivity index (χ2n) is 3.15. The van der Waals surface area contributed by atoms with E-state index >= 15 is 0 Å². The lowest BCUT2D eigenvalue weighted by molar-refractivity contribution is 0.0740.